The van der Waals surface area contributed by atoms with Gasteiger partial charge in [-0.15, -0.1) is 0 Å². The van der Waals surface area contributed by atoms with Crippen molar-refractivity contribution in [1.29, 1.82) is 0 Å². The maximum absolute atomic E-state index is 13.1. The van der Waals surface area contributed by atoms with Gasteiger partial charge in [0, 0.05) is 229 Å². The van der Waals surface area contributed by atoms with Gasteiger partial charge in [0.1, 0.15) is 33.8 Å². The number of allylic oxidation sites excluding steroid dienone is 1. The number of rotatable bonds is 22. The number of aromatic nitrogens is 7. The normalized spacial score (nSPS) is 22.9. The summed E-state index contributed by atoms with van der Waals surface area (Å²) in [6.07, 6.45) is 44.5. The third-order valence-corrected chi connectivity index (χ3v) is 31.1. The molecule has 0 spiro atoms. The number of imidazole rings is 3. The van der Waals surface area contributed by atoms with Gasteiger partial charge in [-0.05, 0) is 360 Å². The van der Waals surface area contributed by atoms with Crippen LogP contribution in [0.4, 0.5) is 29.7 Å². The van der Waals surface area contributed by atoms with Gasteiger partial charge < -0.3 is 93.4 Å². The molecule has 4 aliphatic heterocycles. The van der Waals surface area contributed by atoms with E-state index in [1.54, 1.807) is 72.3 Å². The second-order valence-corrected chi connectivity index (χ2v) is 48.9. The number of nitrogens with two attached hydrogens (primary N) is 1. The van der Waals surface area contributed by atoms with Crippen LogP contribution in [0.2, 0.25) is 0 Å². The Morgan fingerprint density at radius 1 is 0.392 bits per heavy atom. The summed E-state index contributed by atoms with van der Waals surface area (Å²) in [4.78, 5) is 165. The maximum Gasteiger partial charge on any atom is 0.410 e. The fourth-order valence-electron chi connectivity index (χ4n) is 22.8. The van der Waals surface area contributed by atoms with Crippen molar-refractivity contribution in [3.05, 3.63) is 121 Å². The van der Waals surface area contributed by atoms with Crippen LogP contribution in [-0.4, -0.2) is 293 Å². The van der Waals surface area contributed by atoms with Crippen LogP contribution in [0.3, 0.4) is 0 Å². The van der Waals surface area contributed by atoms with Crippen LogP contribution in [0.15, 0.2) is 92.3 Å². The van der Waals surface area contributed by atoms with Crippen LogP contribution in [0, 0.1) is 59.2 Å². The summed E-state index contributed by atoms with van der Waals surface area (Å²) < 4.78 is 29.3. The summed E-state index contributed by atoms with van der Waals surface area (Å²) in [5.41, 5.74) is 10.4. The van der Waals surface area contributed by atoms with Gasteiger partial charge in [0.2, 0.25) is 29.5 Å². The molecule has 0 atom stereocenters. The van der Waals surface area contributed by atoms with Crippen molar-refractivity contribution in [1.82, 2.24) is 83.9 Å². The molecule has 33 heteroatoms. The number of nitrogens with zero attached hydrogens (tertiary/aromatic N) is 14. The zero-order valence-electron chi connectivity index (χ0n) is 93.3. The highest BCUT2D eigenvalue weighted by atomic mass is 16.6. The van der Waals surface area contributed by atoms with Crippen molar-refractivity contribution in [2.75, 3.05) is 133 Å². The van der Waals surface area contributed by atoms with Gasteiger partial charge >= 0.3 is 30.5 Å². The number of nitrogens with one attached hydrogen (secondary N) is 3. The fraction of sp³-hybridized carbons (Fsp3) is 0.722. The lowest BCUT2D eigenvalue weighted by Gasteiger charge is -2.37. The molecule has 5 aromatic rings. The first-order valence-corrected chi connectivity index (χ1v) is 55.6. The fourth-order valence-corrected chi connectivity index (χ4v) is 22.8. The number of H-pyrrole nitrogens is 2. The summed E-state index contributed by atoms with van der Waals surface area (Å²) in [5, 5.41) is 3.12. The lowest BCUT2D eigenvalue weighted by Crippen LogP contribution is -2.43. The first kappa shape index (κ1) is 118. The third-order valence-electron chi connectivity index (χ3n) is 31.1. The maximum atomic E-state index is 13.1. The predicted molar refractivity (Wildman–Crippen MR) is 576 cm³/mol. The summed E-state index contributed by atoms with van der Waals surface area (Å²) in [5.74, 6) is 6.81. The number of piperidine rings is 4. The second-order valence-electron chi connectivity index (χ2n) is 48.9. The lowest BCUT2D eigenvalue weighted by atomic mass is 9.80. The number of benzene rings is 1. The quantitative estimate of drug-likeness (QED) is 0.0369. The van der Waals surface area contributed by atoms with Gasteiger partial charge in [0.05, 0.1) is 18.3 Å². The molecule has 822 valence electrons. The minimum Gasteiger partial charge on any atom is -0.444 e. The summed E-state index contributed by atoms with van der Waals surface area (Å²) in [7, 11) is 8.99. The molecule has 5 N–H and O–H groups in total. The van der Waals surface area contributed by atoms with E-state index in [4.69, 9.17) is 29.4 Å². The Morgan fingerprint density at radius 3 is 1.06 bits per heavy atom. The molecule has 10 aliphatic rings. The van der Waals surface area contributed by atoms with E-state index in [0.29, 0.717) is 116 Å². The highest BCUT2D eigenvalue weighted by Gasteiger charge is 2.41. The Labute approximate surface area is 882 Å². The molecule has 4 saturated heterocycles. The molecule has 8 heterocycles. The number of carbonyl (C=O) groups is 10. The highest BCUT2D eigenvalue weighted by Crippen LogP contribution is 2.41. The van der Waals surface area contributed by atoms with E-state index in [-0.39, 0.29) is 66.0 Å². The number of fused-ring (bicyclic) bond motifs is 1. The molecule has 15 rings (SSSR count). The predicted octanol–water partition coefficient (Wildman–Crippen LogP) is 20.1. The van der Waals surface area contributed by atoms with Crippen LogP contribution in [0.25, 0.3) is 5.57 Å². The molecule has 0 radical (unpaired) electrons. The zero-order chi connectivity index (χ0) is 107. The van der Waals surface area contributed by atoms with Crippen molar-refractivity contribution < 1.29 is 71.6 Å². The van der Waals surface area contributed by atoms with Gasteiger partial charge in [-0.1, -0.05) is 24.3 Å². The number of pyridine rings is 1. The van der Waals surface area contributed by atoms with Crippen molar-refractivity contribution in [3.63, 3.8) is 0 Å². The van der Waals surface area contributed by atoms with E-state index in [9.17, 15) is 47.9 Å². The summed E-state index contributed by atoms with van der Waals surface area (Å²) in [6.45, 7) is 39.0. The van der Waals surface area contributed by atoms with Gasteiger partial charge in [-0.2, -0.15) is 0 Å². The van der Waals surface area contributed by atoms with Gasteiger partial charge in [-0.3, -0.25) is 29.0 Å². The molecule has 1 aromatic carbocycles. The minimum atomic E-state index is -0.478. The SMILES string of the molecule is CN(CC1CCC(C(=O)N2CCC(c3ccc(N)cc3)CC2)CC1)C(=O)OC(C)(C)C.CN(CC1CCC(C(=O)N2CCC(c3cnc[nH]3)CC2)CC1)C(=O)OC(C)(C)C.CN(CC1CCC(C(=O)N2CCC(c3ncc[nH]3)CC2)CC1)C(=O)OC(C)(C)C.CN(CC1CCC(C(=O)N2CCC(n3ccnc3)CC2)CC1)C(=O)OC(C)(C)C.CN(CC1CCC(C(=O)NCCC2=CCc3ncccc32)CC1)C(=O)OC(C)(C)C. The van der Waals surface area contributed by atoms with Crippen LogP contribution < -0.4 is 11.1 Å². The number of ether oxygens (including phenoxy) is 5. The van der Waals surface area contributed by atoms with E-state index in [1.807, 2.05) is 159 Å². The number of aromatic amines is 2. The molecule has 6 aliphatic carbocycles. The number of hydrogen-bond donors (Lipinski definition) is 4. The van der Waals surface area contributed by atoms with E-state index in [2.05, 4.69) is 83.7 Å². The molecule has 0 bridgehead atoms. The molecular formula is C115H182N18O15. The molecule has 10 amide bonds. The van der Waals surface area contributed by atoms with Crippen LogP contribution in [0.5, 0.6) is 0 Å². The number of likely N-dealkylation sites (tertiary alicyclic amines) is 4. The van der Waals surface area contributed by atoms with Gasteiger partial charge in [0.25, 0.3) is 0 Å². The number of anilines is 1. The number of amides is 10. The zero-order valence-corrected chi connectivity index (χ0v) is 93.3. The molecule has 33 nitrogen and oxygen atoms in total. The van der Waals surface area contributed by atoms with E-state index in [1.165, 1.54) is 22.4 Å². The average molecular weight is 2060 g/mol. The summed E-state index contributed by atoms with van der Waals surface area (Å²) in [6, 6.07) is 12.7. The Balaban J connectivity index is 0.000000176. The first-order chi connectivity index (χ1) is 70.0. The van der Waals surface area contributed by atoms with E-state index in [0.717, 1.165) is 262 Å². The minimum absolute atomic E-state index is 0.0830. The molecule has 4 aromatic heterocycles. The van der Waals surface area contributed by atoms with Crippen molar-refractivity contribution >= 4 is 71.3 Å². The Kier molecular flexibility index (Phi) is 43.5. The van der Waals surface area contributed by atoms with Gasteiger partial charge in [0.15, 0.2) is 0 Å². The molecule has 9 fully saturated rings. The van der Waals surface area contributed by atoms with Crippen LogP contribution in [-0.2, 0) is 54.1 Å². The molecule has 148 heavy (non-hydrogen) atoms. The van der Waals surface area contributed by atoms with Gasteiger partial charge in [-0.25, -0.2) is 38.9 Å². The highest BCUT2D eigenvalue weighted by molar-refractivity contribution is 5.82. The number of nitrogen functional groups attached to an aromatic ring is 1. The van der Waals surface area contributed by atoms with Crippen LogP contribution >= 0.6 is 0 Å². The largest absolute Gasteiger partial charge is 0.444 e. The standard InChI is InChI=1S/C25H39N3O3.C24H35N3O3.3C22H36N4O3/c1-25(2,3)31-24(30)27(4)17-18-5-7-21(8-6-18)23(29)28-15-13-20(14-16-28)19-9-11-22(26)12-10-19;1-24(2,3)30-23(29)27(4)16-17-7-9-19(10-8-17)22(28)26-15-13-18-11-12-21-20(18)6-5-14-25-21;1-22(2,3)29-21(28)25(4)15-16-5-7-18(8-6-16)20(27)26-13-9-17(10-14-26)19-23-11-12-24-19;1-22(2,3)29-21(28)24(4)15-17-5-7-18(8-6-17)20(27)25-12-9-19(10-13-25)26-14-11-23-16-26;1-22(2,3)29-21(28)25(4)14-16-5-7-18(8-6-16)20(27)26-11-9-17(10-12-26)19-13-23-15-24-19/h9-12,18,20-21H,5-8,13-17,26H2,1-4H3;5-6,11,14,17,19H,7-10,12-13,15-16H2,1-4H3,(H,26,28);11-12,16-18H,5-10,13-15H2,1-4H3,(H,23,24);11,14,16-19H,5-10,12-13,15H2,1-4H3;13,15-18H,5-12,14H2,1-4H3,(H,23,24). The van der Waals surface area contributed by atoms with Crippen LogP contribution in [0.1, 0.15) is 342 Å². The van der Waals surface area contributed by atoms with Crippen molar-refractivity contribution in [2.45, 2.75) is 348 Å². The summed E-state index contributed by atoms with van der Waals surface area (Å²) >= 11 is 0. The average Bonchev–Trinajstić information content (AvgIpc) is 1.71. The molecular weight excluding hydrogens is 1870 g/mol. The number of carbonyl (C=O) groups excluding carboxylic acids is 10. The van der Waals surface area contributed by atoms with E-state index >= 15 is 0 Å². The van der Waals surface area contributed by atoms with Crippen molar-refractivity contribution in [3.8, 4) is 0 Å². The second kappa shape index (κ2) is 54.8. The molecule has 0 unspecified atom stereocenters. The van der Waals surface area contributed by atoms with Crippen molar-refractivity contribution in [2.24, 2.45) is 59.2 Å². The third kappa shape index (κ3) is 38.0. The monoisotopic (exact) mass is 2060 g/mol. The molecule has 5 saturated carbocycles. The Hall–Kier alpha value is -10.8. The Morgan fingerprint density at radius 2 is 0.736 bits per heavy atom. The number of hydrogen-bond acceptors (Lipinski definition) is 20. The Bertz CT molecular complexity index is 4680. The smallest absolute Gasteiger partial charge is 0.410 e. The van der Waals surface area contributed by atoms with E-state index < -0.39 is 28.0 Å². The first-order valence-electron chi connectivity index (χ1n) is 55.6. The lowest BCUT2D eigenvalue weighted by molar-refractivity contribution is -0.139. The topological polar surface area (TPSA) is 372 Å².